The van der Waals surface area contributed by atoms with E-state index < -0.39 is 0 Å². The minimum absolute atomic E-state index is 0.0148. The van der Waals surface area contributed by atoms with Crippen LogP contribution in [0.25, 0.3) is 5.52 Å². The van der Waals surface area contributed by atoms with Crippen molar-refractivity contribution in [3.63, 3.8) is 0 Å². The molecule has 0 saturated carbocycles. The number of nitrogens with zero attached hydrogens (tertiary/aromatic N) is 3. The van der Waals surface area contributed by atoms with Crippen LogP contribution in [0.4, 0.5) is 5.82 Å². The fourth-order valence-electron chi connectivity index (χ4n) is 2.01. The Kier molecular flexibility index (Phi) is 2.07. The fourth-order valence-corrected chi connectivity index (χ4v) is 2.01. The standard InChI is InChI=1S/C11H14N4O/c1-11(3-7-16-8-11)14-10-9-2-4-13-15(9)6-5-12-10/h2,4-6H,3,7-8H2,1H3,(H,12,14). The van der Waals surface area contributed by atoms with E-state index in [1.165, 1.54) is 0 Å². The largest absolute Gasteiger partial charge is 0.379 e. The summed E-state index contributed by atoms with van der Waals surface area (Å²) in [5.41, 5.74) is 0.981. The first-order valence-corrected chi connectivity index (χ1v) is 5.41. The van der Waals surface area contributed by atoms with Crippen LogP contribution in [0.2, 0.25) is 0 Å². The number of nitrogens with one attached hydrogen (secondary N) is 1. The normalized spacial score (nSPS) is 25.1. The van der Waals surface area contributed by atoms with Gasteiger partial charge in [0.2, 0.25) is 0 Å². The van der Waals surface area contributed by atoms with E-state index in [9.17, 15) is 0 Å². The van der Waals surface area contributed by atoms with E-state index in [0.717, 1.165) is 31.0 Å². The van der Waals surface area contributed by atoms with Gasteiger partial charge in [0.05, 0.1) is 18.3 Å². The van der Waals surface area contributed by atoms with Gasteiger partial charge < -0.3 is 10.1 Å². The first-order valence-electron chi connectivity index (χ1n) is 5.41. The molecule has 16 heavy (non-hydrogen) atoms. The van der Waals surface area contributed by atoms with Crippen molar-refractivity contribution in [2.45, 2.75) is 18.9 Å². The molecule has 3 heterocycles. The molecule has 1 N–H and O–H groups in total. The van der Waals surface area contributed by atoms with Crippen molar-refractivity contribution >= 4 is 11.3 Å². The number of aromatic nitrogens is 3. The van der Waals surface area contributed by atoms with Crippen LogP contribution in [0.3, 0.4) is 0 Å². The van der Waals surface area contributed by atoms with E-state index in [0.29, 0.717) is 0 Å². The van der Waals surface area contributed by atoms with E-state index in [1.807, 2.05) is 16.8 Å². The highest BCUT2D eigenvalue weighted by atomic mass is 16.5. The van der Waals surface area contributed by atoms with E-state index in [2.05, 4.69) is 22.3 Å². The molecule has 5 heteroatoms. The summed E-state index contributed by atoms with van der Waals surface area (Å²) < 4.78 is 7.23. The molecule has 84 valence electrons. The van der Waals surface area contributed by atoms with E-state index >= 15 is 0 Å². The zero-order chi connectivity index (χ0) is 11.0. The summed E-state index contributed by atoms with van der Waals surface area (Å²) in [7, 11) is 0. The van der Waals surface area contributed by atoms with Gasteiger partial charge in [-0.3, -0.25) is 0 Å². The van der Waals surface area contributed by atoms with Crippen LogP contribution in [0.1, 0.15) is 13.3 Å². The molecule has 0 spiro atoms. The van der Waals surface area contributed by atoms with E-state index in [-0.39, 0.29) is 5.54 Å². The van der Waals surface area contributed by atoms with E-state index in [1.54, 1.807) is 12.4 Å². The third-order valence-corrected chi connectivity index (χ3v) is 2.96. The van der Waals surface area contributed by atoms with Crippen LogP contribution in [0, 0.1) is 0 Å². The van der Waals surface area contributed by atoms with Gasteiger partial charge in [-0.2, -0.15) is 5.10 Å². The molecular formula is C11H14N4O. The monoisotopic (exact) mass is 218 g/mol. The Labute approximate surface area is 93.4 Å². The average molecular weight is 218 g/mol. The summed E-state index contributed by atoms with van der Waals surface area (Å²) >= 11 is 0. The number of hydrogen-bond donors (Lipinski definition) is 1. The first kappa shape index (κ1) is 9.59. The molecule has 2 aromatic heterocycles. The van der Waals surface area contributed by atoms with Gasteiger partial charge in [0.15, 0.2) is 5.82 Å². The Morgan fingerprint density at radius 1 is 1.50 bits per heavy atom. The maximum Gasteiger partial charge on any atom is 0.152 e. The molecule has 0 amide bonds. The molecule has 2 aromatic rings. The van der Waals surface area contributed by atoms with Crippen molar-refractivity contribution in [1.82, 2.24) is 14.6 Å². The third kappa shape index (κ3) is 1.53. The molecule has 1 unspecified atom stereocenters. The van der Waals surface area contributed by atoms with Crippen LogP contribution >= 0.6 is 0 Å². The molecule has 1 fully saturated rings. The average Bonchev–Trinajstić information content (AvgIpc) is 2.87. The summed E-state index contributed by atoms with van der Waals surface area (Å²) in [5, 5.41) is 7.63. The number of rotatable bonds is 2. The SMILES string of the molecule is CC1(Nc2nccn3nccc23)CCOC1. The second-order valence-corrected chi connectivity index (χ2v) is 4.43. The summed E-state index contributed by atoms with van der Waals surface area (Å²) in [4.78, 5) is 4.36. The third-order valence-electron chi connectivity index (χ3n) is 2.96. The highest BCUT2D eigenvalue weighted by Gasteiger charge is 2.30. The number of anilines is 1. The van der Waals surface area contributed by atoms with Crippen molar-refractivity contribution in [2.24, 2.45) is 0 Å². The lowest BCUT2D eigenvalue weighted by Crippen LogP contribution is -2.35. The van der Waals surface area contributed by atoms with Gasteiger partial charge in [0.1, 0.15) is 5.52 Å². The summed E-state index contributed by atoms with van der Waals surface area (Å²) in [6.07, 6.45) is 6.37. The zero-order valence-corrected chi connectivity index (χ0v) is 9.18. The lowest BCUT2D eigenvalue weighted by Gasteiger charge is -2.24. The van der Waals surface area contributed by atoms with Crippen molar-refractivity contribution in [1.29, 1.82) is 0 Å². The van der Waals surface area contributed by atoms with Crippen LogP contribution < -0.4 is 5.32 Å². The van der Waals surface area contributed by atoms with Gasteiger partial charge in [-0.15, -0.1) is 0 Å². The number of fused-ring (bicyclic) bond motifs is 1. The summed E-state index contributed by atoms with van der Waals surface area (Å²) in [6, 6.07) is 1.95. The Morgan fingerprint density at radius 2 is 2.44 bits per heavy atom. The maximum atomic E-state index is 5.41. The molecule has 0 aliphatic carbocycles. The van der Waals surface area contributed by atoms with Gasteiger partial charge >= 0.3 is 0 Å². The van der Waals surface area contributed by atoms with Gasteiger partial charge in [0, 0.05) is 19.0 Å². The zero-order valence-electron chi connectivity index (χ0n) is 9.18. The summed E-state index contributed by atoms with van der Waals surface area (Å²) in [6.45, 7) is 3.69. The summed E-state index contributed by atoms with van der Waals surface area (Å²) in [5.74, 6) is 0.869. The predicted molar refractivity (Wildman–Crippen MR) is 60.5 cm³/mol. The highest BCUT2D eigenvalue weighted by molar-refractivity contribution is 5.67. The van der Waals surface area contributed by atoms with E-state index in [4.69, 9.17) is 4.74 Å². The second-order valence-electron chi connectivity index (χ2n) is 4.43. The van der Waals surface area contributed by atoms with Gasteiger partial charge in [-0.25, -0.2) is 9.50 Å². The van der Waals surface area contributed by atoms with Crippen LogP contribution in [-0.2, 0) is 4.74 Å². The van der Waals surface area contributed by atoms with Crippen molar-refractivity contribution in [3.05, 3.63) is 24.7 Å². The number of hydrogen-bond acceptors (Lipinski definition) is 4. The highest BCUT2D eigenvalue weighted by Crippen LogP contribution is 2.24. The fraction of sp³-hybridized carbons (Fsp3) is 0.455. The Morgan fingerprint density at radius 3 is 3.25 bits per heavy atom. The molecule has 3 rings (SSSR count). The van der Waals surface area contributed by atoms with Gasteiger partial charge in [-0.1, -0.05) is 0 Å². The van der Waals surface area contributed by atoms with Crippen LogP contribution in [-0.4, -0.2) is 33.4 Å². The minimum atomic E-state index is -0.0148. The topological polar surface area (TPSA) is 51.5 Å². The maximum absolute atomic E-state index is 5.41. The molecule has 0 radical (unpaired) electrons. The molecule has 5 nitrogen and oxygen atoms in total. The lowest BCUT2D eigenvalue weighted by atomic mass is 10.0. The predicted octanol–water partition coefficient (Wildman–Crippen LogP) is 1.32. The van der Waals surface area contributed by atoms with Crippen molar-refractivity contribution in [2.75, 3.05) is 18.5 Å². The van der Waals surface area contributed by atoms with Gasteiger partial charge in [0.25, 0.3) is 0 Å². The van der Waals surface area contributed by atoms with Crippen molar-refractivity contribution in [3.8, 4) is 0 Å². The number of ether oxygens (including phenoxy) is 1. The Bertz CT molecular complexity index is 501. The molecule has 1 aliphatic heterocycles. The first-order chi connectivity index (χ1) is 7.77. The van der Waals surface area contributed by atoms with Gasteiger partial charge in [-0.05, 0) is 19.4 Å². The molecule has 1 aliphatic rings. The minimum Gasteiger partial charge on any atom is -0.379 e. The molecular weight excluding hydrogens is 204 g/mol. The molecule has 0 aromatic carbocycles. The van der Waals surface area contributed by atoms with Crippen LogP contribution in [0.5, 0.6) is 0 Å². The molecule has 0 bridgehead atoms. The smallest absolute Gasteiger partial charge is 0.152 e. The lowest BCUT2D eigenvalue weighted by molar-refractivity contribution is 0.185. The Hall–Kier alpha value is -1.62. The molecule has 1 saturated heterocycles. The second kappa shape index (κ2) is 3.45. The molecule has 1 atom stereocenters. The Balaban J connectivity index is 1.96. The van der Waals surface area contributed by atoms with Crippen LogP contribution in [0.15, 0.2) is 24.7 Å². The quantitative estimate of drug-likeness (QED) is 0.826. The van der Waals surface area contributed by atoms with Crippen molar-refractivity contribution < 1.29 is 4.74 Å².